The van der Waals surface area contributed by atoms with Crippen molar-refractivity contribution in [2.75, 3.05) is 7.11 Å². The zero-order valence-corrected chi connectivity index (χ0v) is 6.92. The summed E-state index contributed by atoms with van der Waals surface area (Å²) >= 11 is 0. The summed E-state index contributed by atoms with van der Waals surface area (Å²) in [5.41, 5.74) is 2.23. The minimum absolute atomic E-state index is 0.884. The van der Waals surface area contributed by atoms with E-state index in [1.54, 1.807) is 7.11 Å². The van der Waals surface area contributed by atoms with Gasteiger partial charge in [-0.25, -0.2) is 0 Å². The molecule has 1 heteroatoms. The number of rotatable bonds is 2. The number of benzene rings is 1. The Morgan fingerprint density at radius 3 is 2.18 bits per heavy atom. The van der Waals surface area contributed by atoms with Gasteiger partial charge < -0.3 is 4.74 Å². The second-order valence-electron chi connectivity index (χ2n) is 2.51. The minimum atomic E-state index is 0.884. The summed E-state index contributed by atoms with van der Waals surface area (Å²) in [5, 5.41) is 0. The Hall–Kier alpha value is -1.24. The van der Waals surface area contributed by atoms with Gasteiger partial charge in [0.15, 0.2) is 0 Å². The molecule has 11 heavy (non-hydrogen) atoms. The molecule has 0 unspecified atom stereocenters. The third kappa shape index (κ3) is 1.84. The van der Waals surface area contributed by atoms with Crippen molar-refractivity contribution in [3.63, 3.8) is 0 Å². The summed E-state index contributed by atoms with van der Waals surface area (Å²) < 4.78 is 5.02. The maximum Gasteiger partial charge on any atom is 0.118 e. The third-order valence-corrected chi connectivity index (χ3v) is 1.58. The Morgan fingerprint density at radius 2 is 1.82 bits per heavy atom. The lowest BCUT2D eigenvalue weighted by Crippen LogP contribution is -1.82. The number of hydrogen-bond donors (Lipinski definition) is 0. The molecule has 1 aromatic carbocycles. The van der Waals surface area contributed by atoms with E-state index in [0.717, 1.165) is 16.9 Å². The predicted octanol–water partition coefficient (Wildman–Crippen LogP) is 2.73. The van der Waals surface area contributed by atoms with Crippen LogP contribution < -0.4 is 4.74 Å². The molecule has 0 atom stereocenters. The molecule has 1 aromatic rings. The molecule has 1 rings (SSSR count). The van der Waals surface area contributed by atoms with Crippen LogP contribution in [0.4, 0.5) is 0 Å². The van der Waals surface area contributed by atoms with Crippen LogP contribution >= 0.6 is 0 Å². The predicted molar refractivity (Wildman–Crippen MR) is 47.7 cm³/mol. The first-order valence-corrected chi connectivity index (χ1v) is 3.54. The van der Waals surface area contributed by atoms with Gasteiger partial charge in [0.1, 0.15) is 5.75 Å². The fourth-order valence-corrected chi connectivity index (χ4v) is 0.876. The summed E-state index contributed by atoms with van der Waals surface area (Å²) in [6, 6.07) is 7.87. The van der Waals surface area contributed by atoms with Crippen LogP contribution in [-0.2, 0) is 0 Å². The molecule has 0 aliphatic rings. The van der Waals surface area contributed by atoms with Crippen LogP contribution in [0.2, 0.25) is 0 Å². The van der Waals surface area contributed by atoms with Crippen molar-refractivity contribution in [3.05, 3.63) is 36.4 Å². The lowest BCUT2D eigenvalue weighted by Gasteiger charge is -2.01. The standard InChI is InChI=1S/C10H12O/c1-8(2)9-4-6-10(11-3)7-5-9/h4-7H,1H2,2-3H3. The highest BCUT2D eigenvalue weighted by Crippen LogP contribution is 2.16. The lowest BCUT2D eigenvalue weighted by molar-refractivity contribution is 0.415. The Balaban J connectivity index is 2.91. The molecule has 0 saturated heterocycles. The maximum absolute atomic E-state index is 5.02. The smallest absolute Gasteiger partial charge is 0.118 e. The van der Waals surface area contributed by atoms with Gasteiger partial charge in [-0.3, -0.25) is 0 Å². The first-order valence-electron chi connectivity index (χ1n) is 3.54. The van der Waals surface area contributed by atoms with E-state index in [0.29, 0.717) is 0 Å². The van der Waals surface area contributed by atoms with Crippen LogP contribution in [0.5, 0.6) is 5.75 Å². The van der Waals surface area contributed by atoms with Gasteiger partial charge in [-0.1, -0.05) is 24.3 Å². The second kappa shape index (κ2) is 3.24. The highest BCUT2D eigenvalue weighted by Gasteiger charge is 1.92. The fraction of sp³-hybridized carbons (Fsp3) is 0.200. The van der Waals surface area contributed by atoms with Crippen molar-refractivity contribution in [3.8, 4) is 5.75 Å². The van der Waals surface area contributed by atoms with Crippen molar-refractivity contribution in [1.29, 1.82) is 0 Å². The molecule has 0 saturated carbocycles. The molecular formula is C10H12O. The molecule has 0 aliphatic heterocycles. The number of allylic oxidation sites excluding steroid dienone is 1. The van der Waals surface area contributed by atoms with E-state index in [-0.39, 0.29) is 0 Å². The first kappa shape index (κ1) is 7.86. The molecular weight excluding hydrogens is 136 g/mol. The number of methoxy groups -OCH3 is 1. The van der Waals surface area contributed by atoms with Crippen molar-refractivity contribution >= 4 is 5.57 Å². The van der Waals surface area contributed by atoms with E-state index in [2.05, 4.69) is 6.58 Å². The highest BCUT2D eigenvalue weighted by atomic mass is 16.5. The van der Waals surface area contributed by atoms with Gasteiger partial charge in [-0.05, 0) is 24.6 Å². The number of ether oxygens (including phenoxy) is 1. The molecule has 58 valence electrons. The summed E-state index contributed by atoms with van der Waals surface area (Å²) in [6.07, 6.45) is 0. The third-order valence-electron chi connectivity index (χ3n) is 1.58. The molecule has 0 heterocycles. The number of hydrogen-bond acceptors (Lipinski definition) is 1. The Morgan fingerprint density at radius 1 is 1.27 bits per heavy atom. The van der Waals surface area contributed by atoms with Gasteiger partial charge in [-0.15, -0.1) is 0 Å². The zero-order chi connectivity index (χ0) is 8.27. The van der Waals surface area contributed by atoms with Crippen LogP contribution in [0, 0.1) is 0 Å². The van der Waals surface area contributed by atoms with Crippen LogP contribution in [0.3, 0.4) is 0 Å². The van der Waals surface area contributed by atoms with E-state index < -0.39 is 0 Å². The molecule has 0 amide bonds. The molecule has 0 N–H and O–H groups in total. The maximum atomic E-state index is 5.02. The van der Waals surface area contributed by atoms with Gasteiger partial charge in [0.25, 0.3) is 0 Å². The van der Waals surface area contributed by atoms with Crippen LogP contribution in [0.1, 0.15) is 12.5 Å². The molecule has 0 bridgehead atoms. The summed E-state index contributed by atoms with van der Waals surface area (Å²) in [6.45, 7) is 5.83. The normalized spacial score (nSPS) is 9.27. The van der Waals surface area contributed by atoms with E-state index in [4.69, 9.17) is 4.74 Å². The Kier molecular flexibility index (Phi) is 2.32. The van der Waals surface area contributed by atoms with Crippen molar-refractivity contribution in [2.45, 2.75) is 6.92 Å². The van der Waals surface area contributed by atoms with Crippen molar-refractivity contribution in [1.82, 2.24) is 0 Å². The van der Waals surface area contributed by atoms with Gasteiger partial charge in [0.05, 0.1) is 7.11 Å². The summed E-state index contributed by atoms with van der Waals surface area (Å²) in [4.78, 5) is 0. The van der Waals surface area contributed by atoms with Crippen LogP contribution in [0.25, 0.3) is 5.57 Å². The molecule has 0 spiro atoms. The lowest BCUT2D eigenvalue weighted by atomic mass is 10.1. The van der Waals surface area contributed by atoms with E-state index in [1.807, 2.05) is 31.2 Å². The monoisotopic (exact) mass is 148 g/mol. The second-order valence-corrected chi connectivity index (χ2v) is 2.51. The van der Waals surface area contributed by atoms with Gasteiger partial charge in [0, 0.05) is 0 Å². The minimum Gasteiger partial charge on any atom is -0.497 e. The molecule has 1 nitrogen and oxygen atoms in total. The van der Waals surface area contributed by atoms with Crippen LogP contribution in [-0.4, -0.2) is 7.11 Å². The average Bonchev–Trinajstić information content (AvgIpc) is 2.05. The highest BCUT2D eigenvalue weighted by molar-refractivity contribution is 5.61. The topological polar surface area (TPSA) is 9.23 Å². The fourth-order valence-electron chi connectivity index (χ4n) is 0.876. The first-order chi connectivity index (χ1) is 5.24. The van der Waals surface area contributed by atoms with Crippen molar-refractivity contribution in [2.24, 2.45) is 0 Å². The van der Waals surface area contributed by atoms with Gasteiger partial charge >= 0.3 is 0 Å². The Labute approximate surface area is 67.3 Å². The van der Waals surface area contributed by atoms with E-state index >= 15 is 0 Å². The summed E-state index contributed by atoms with van der Waals surface area (Å²) in [5.74, 6) is 0.884. The van der Waals surface area contributed by atoms with Crippen LogP contribution in [0.15, 0.2) is 30.8 Å². The van der Waals surface area contributed by atoms with Gasteiger partial charge in [0.2, 0.25) is 0 Å². The quantitative estimate of drug-likeness (QED) is 0.626. The Bertz CT molecular complexity index is 246. The molecule has 0 radical (unpaired) electrons. The van der Waals surface area contributed by atoms with E-state index in [1.165, 1.54) is 0 Å². The van der Waals surface area contributed by atoms with Gasteiger partial charge in [-0.2, -0.15) is 0 Å². The van der Waals surface area contributed by atoms with E-state index in [9.17, 15) is 0 Å². The van der Waals surface area contributed by atoms with Crippen molar-refractivity contribution < 1.29 is 4.74 Å². The molecule has 0 fully saturated rings. The zero-order valence-electron chi connectivity index (χ0n) is 6.92. The summed E-state index contributed by atoms with van der Waals surface area (Å²) in [7, 11) is 1.66. The SMILES string of the molecule is C=C(C)c1ccc(OC)cc1. The average molecular weight is 148 g/mol. The molecule has 0 aliphatic carbocycles. The molecule has 0 aromatic heterocycles. The largest absolute Gasteiger partial charge is 0.497 e.